The summed E-state index contributed by atoms with van der Waals surface area (Å²) in [7, 11) is 0. The maximum Gasteiger partial charge on any atom is 0.157 e. The fourth-order valence-electron chi connectivity index (χ4n) is 8.46. The SMILES string of the molecule is C1=C(c2ccccc2)N2C(=C3NC=C(c4ccccc4)N3c3cc(N4c5ccccc5Oc5ccccc54)c(N4c5ccccc5Oc5ccccc54)cc32)N1. The highest BCUT2D eigenvalue weighted by atomic mass is 16.5. The Bertz CT molecular complexity index is 2570. The lowest BCUT2D eigenvalue weighted by atomic mass is 10.0. The second kappa shape index (κ2) is 11.8. The highest BCUT2D eigenvalue weighted by molar-refractivity contribution is 6.07. The van der Waals surface area contributed by atoms with E-state index >= 15 is 0 Å². The number of nitrogens with one attached hydrogen (secondary N) is 2. The molecule has 0 atom stereocenters. The van der Waals surface area contributed by atoms with Gasteiger partial charge in [-0.2, -0.15) is 0 Å². The molecule has 5 heterocycles. The molecular weight excluding hydrogens is 693 g/mol. The highest BCUT2D eigenvalue weighted by Crippen LogP contribution is 2.60. The molecule has 8 nitrogen and oxygen atoms in total. The van der Waals surface area contributed by atoms with E-state index in [0.717, 1.165) is 103 Å². The molecule has 0 saturated heterocycles. The topological polar surface area (TPSA) is 55.5 Å². The zero-order valence-corrected chi connectivity index (χ0v) is 29.9. The van der Waals surface area contributed by atoms with E-state index < -0.39 is 0 Å². The first-order chi connectivity index (χ1) is 27.8. The van der Waals surface area contributed by atoms with E-state index in [2.05, 4.69) is 164 Å². The van der Waals surface area contributed by atoms with Gasteiger partial charge in [-0.25, -0.2) is 0 Å². The molecule has 0 aromatic heterocycles. The van der Waals surface area contributed by atoms with E-state index in [4.69, 9.17) is 9.47 Å². The molecule has 5 aliphatic heterocycles. The monoisotopic (exact) mass is 724 g/mol. The molecule has 266 valence electrons. The van der Waals surface area contributed by atoms with Crippen molar-refractivity contribution in [3.63, 3.8) is 0 Å². The first kappa shape index (κ1) is 30.6. The summed E-state index contributed by atoms with van der Waals surface area (Å²) in [4.78, 5) is 9.37. The molecule has 56 heavy (non-hydrogen) atoms. The van der Waals surface area contributed by atoms with Crippen molar-refractivity contribution in [2.24, 2.45) is 0 Å². The van der Waals surface area contributed by atoms with E-state index in [1.807, 2.05) is 48.5 Å². The van der Waals surface area contributed by atoms with Crippen LogP contribution in [0.4, 0.5) is 45.5 Å². The van der Waals surface area contributed by atoms with Gasteiger partial charge in [-0.1, -0.05) is 109 Å². The number of hydrogen-bond donors (Lipinski definition) is 2. The summed E-state index contributed by atoms with van der Waals surface area (Å²) in [5.74, 6) is 5.03. The van der Waals surface area contributed by atoms with Crippen LogP contribution in [0.2, 0.25) is 0 Å². The quantitative estimate of drug-likeness (QED) is 0.186. The van der Waals surface area contributed by atoms with Crippen LogP contribution in [0.15, 0.2) is 194 Å². The average Bonchev–Trinajstić information content (AvgIpc) is 3.91. The third-order valence-corrected chi connectivity index (χ3v) is 10.9. The van der Waals surface area contributed by atoms with Crippen LogP contribution in [0.3, 0.4) is 0 Å². The van der Waals surface area contributed by atoms with Crippen molar-refractivity contribution in [1.82, 2.24) is 10.6 Å². The van der Waals surface area contributed by atoms with Gasteiger partial charge in [0, 0.05) is 23.5 Å². The number of benzene rings is 7. The van der Waals surface area contributed by atoms with Crippen LogP contribution in [0.5, 0.6) is 23.0 Å². The third-order valence-electron chi connectivity index (χ3n) is 10.9. The standard InChI is InChI=1S/C48H32N6O2/c1-3-15-31(16-4-1)41-29-49-47-48-50-30-42(32-17-5-2-6-18-32)54(48)40-28-38(52-35-21-9-13-25-45(35)56-46-26-14-10-22-36(46)52)37(27-39(40)53(41)47)51-33-19-7-11-23-43(33)55-44-24-12-8-20-34(44)51/h1-30,49-50H. The molecule has 7 aromatic carbocycles. The fourth-order valence-corrected chi connectivity index (χ4v) is 8.46. The van der Waals surface area contributed by atoms with E-state index in [-0.39, 0.29) is 0 Å². The molecule has 0 spiro atoms. The average molecular weight is 725 g/mol. The Morgan fingerprint density at radius 1 is 0.304 bits per heavy atom. The predicted octanol–water partition coefficient (Wildman–Crippen LogP) is 11.8. The van der Waals surface area contributed by atoms with Gasteiger partial charge in [-0.05, 0) is 60.7 Å². The first-order valence-corrected chi connectivity index (χ1v) is 18.7. The van der Waals surface area contributed by atoms with Gasteiger partial charge in [0.25, 0.3) is 0 Å². The van der Waals surface area contributed by atoms with E-state index in [9.17, 15) is 0 Å². The number of rotatable bonds is 4. The first-order valence-electron chi connectivity index (χ1n) is 18.7. The Hall–Kier alpha value is -7.84. The van der Waals surface area contributed by atoms with Gasteiger partial charge >= 0.3 is 0 Å². The van der Waals surface area contributed by atoms with Gasteiger partial charge in [0.05, 0.1) is 56.9 Å². The molecule has 0 fully saturated rings. The summed E-state index contributed by atoms with van der Waals surface area (Å²) in [5.41, 5.74) is 12.1. The van der Waals surface area contributed by atoms with Crippen molar-refractivity contribution >= 4 is 56.9 Å². The lowest BCUT2D eigenvalue weighted by Gasteiger charge is -2.42. The molecule has 8 heteroatoms. The van der Waals surface area contributed by atoms with Crippen molar-refractivity contribution in [2.75, 3.05) is 19.6 Å². The van der Waals surface area contributed by atoms with Crippen LogP contribution in [-0.2, 0) is 0 Å². The molecule has 0 saturated carbocycles. The van der Waals surface area contributed by atoms with Crippen LogP contribution in [-0.4, -0.2) is 0 Å². The van der Waals surface area contributed by atoms with Crippen LogP contribution in [0.1, 0.15) is 11.1 Å². The Balaban J connectivity index is 1.19. The minimum absolute atomic E-state index is 0.784. The van der Waals surface area contributed by atoms with Crippen molar-refractivity contribution in [2.45, 2.75) is 0 Å². The molecule has 0 unspecified atom stereocenters. The van der Waals surface area contributed by atoms with Gasteiger partial charge in [-0.3, -0.25) is 9.80 Å². The Kier molecular flexibility index (Phi) is 6.47. The second-order valence-corrected chi connectivity index (χ2v) is 14.0. The summed E-state index contributed by atoms with van der Waals surface area (Å²) < 4.78 is 13.1. The molecule has 12 rings (SSSR count). The lowest BCUT2D eigenvalue weighted by Crippen LogP contribution is -2.37. The lowest BCUT2D eigenvalue weighted by molar-refractivity contribution is 0.476. The molecule has 0 bridgehead atoms. The Labute approximate surface area is 323 Å². The molecular formula is C48H32N6O2. The molecule has 0 radical (unpaired) electrons. The summed E-state index contributed by atoms with van der Waals surface area (Å²) >= 11 is 0. The zero-order chi connectivity index (χ0) is 36.7. The van der Waals surface area contributed by atoms with Gasteiger partial charge < -0.3 is 29.9 Å². The van der Waals surface area contributed by atoms with Crippen molar-refractivity contribution in [3.05, 3.63) is 205 Å². The van der Waals surface area contributed by atoms with Crippen molar-refractivity contribution < 1.29 is 9.47 Å². The molecule has 0 amide bonds. The summed E-state index contributed by atoms with van der Waals surface area (Å²) in [6, 6.07) is 58.8. The predicted molar refractivity (Wildman–Crippen MR) is 223 cm³/mol. The molecule has 2 N–H and O–H groups in total. The largest absolute Gasteiger partial charge is 0.453 e. The van der Waals surface area contributed by atoms with Crippen molar-refractivity contribution in [1.29, 1.82) is 0 Å². The maximum absolute atomic E-state index is 6.57. The van der Waals surface area contributed by atoms with E-state index in [1.165, 1.54) is 0 Å². The van der Waals surface area contributed by atoms with Gasteiger partial charge in [-0.15, -0.1) is 0 Å². The van der Waals surface area contributed by atoms with Gasteiger partial charge in [0.2, 0.25) is 0 Å². The number of para-hydroxylation sites is 8. The maximum atomic E-state index is 6.57. The number of anilines is 8. The van der Waals surface area contributed by atoms with Gasteiger partial charge in [0.15, 0.2) is 34.6 Å². The summed E-state index contributed by atoms with van der Waals surface area (Å²) in [6.07, 6.45) is 4.21. The normalized spacial score (nSPS) is 15.4. The molecule has 7 aromatic rings. The van der Waals surface area contributed by atoms with E-state index in [0.29, 0.717) is 0 Å². The Morgan fingerprint density at radius 2 is 0.607 bits per heavy atom. The van der Waals surface area contributed by atoms with Crippen LogP contribution in [0, 0.1) is 0 Å². The highest BCUT2D eigenvalue weighted by Gasteiger charge is 2.43. The molecule has 5 aliphatic rings. The van der Waals surface area contributed by atoms with Crippen molar-refractivity contribution in [3.8, 4) is 23.0 Å². The minimum Gasteiger partial charge on any atom is -0.453 e. The smallest absolute Gasteiger partial charge is 0.157 e. The second-order valence-electron chi connectivity index (χ2n) is 14.0. The fraction of sp³-hybridized carbons (Fsp3) is 0. The van der Waals surface area contributed by atoms with Gasteiger partial charge in [0.1, 0.15) is 0 Å². The van der Waals surface area contributed by atoms with Crippen LogP contribution < -0.4 is 39.7 Å². The summed E-state index contributed by atoms with van der Waals surface area (Å²) in [6.45, 7) is 0. The van der Waals surface area contributed by atoms with Crippen LogP contribution >= 0.6 is 0 Å². The number of nitrogens with zero attached hydrogens (tertiary/aromatic N) is 4. The third kappa shape index (κ3) is 4.41. The molecule has 0 aliphatic carbocycles. The van der Waals surface area contributed by atoms with E-state index in [1.54, 1.807) is 0 Å². The zero-order valence-electron chi connectivity index (χ0n) is 29.9. The number of ether oxygens (including phenoxy) is 2. The minimum atomic E-state index is 0.784. The van der Waals surface area contributed by atoms with Crippen LogP contribution in [0.25, 0.3) is 11.4 Å². The summed E-state index contributed by atoms with van der Waals surface area (Å²) in [5, 5.41) is 7.34. The Morgan fingerprint density at radius 3 is 0.964 bits per heavy atom. The number of fused-ring (bicyclic) bond motifs is 9. The number of hydrogen-bond acceptors (Lipinski definition) is 8.